The molecule has 0 bridgehead atoms. The number of fused-ring (bicyclic) bond motifs is 1. The smallest absolute Gasteiger partial charge is 0.257 e. The van der Waals surface area contributed by atoms with E-state index in [1.807, 2.05) is 7.05 Å². The fourth-order valence-corrected chi connectivity index (χ4v) is 3.91. The summed E-state index contributed by atoms with van der Waals surface area (Å²) >= 11 is 5.96. The number of hydrogen-bond donors (Lipinski definition) is 1. The Morgan fingerprint density at radius 2 is 2.09 bits per heavy atom. The molecule has 1 aromatic carbocycles. The van der Waals surface area contributed by atoms with Crippen molar-refractivity contribution in [3.8, 4) is 5.75 Å². The van der Waals surface area contributed by atoms with Crippen molar-refractivity contribution >= 4 is 23.4 Å². The van der Waals surface area contributed by atoms with E-state index in [1.165, 1.54) is 7.11 Å². The predicted molar refractivity (Wildman–Crippen MR) is 87.7 cm³/mol. The second kappa shape index (κ2) is 6.40. The fraction of sp³-hybridized carbons (Fsp3) is 0.529. The zero-order valence-corrected chi connectivity index (χ0v) is 14.1. The number of carbonyl (C=O) groups is 2. The van der Waals surface area contributed by atoms with Gasteiger partial charge in [0.15, 0.2) is 0 Å². The number of piperidine rings is 1. The first kappa shape index (κ1) is 16.1. The van der Waals surface area contributed by atoms with Crippen LogP contribution in [0.15, 0.2) is 18.2 Å². The number of nitrogens with one attached hydrogen (secondary N) is 1. The number of halogens is 1. The lowest BCUT2D eigenvalue weighted by Crippen LogP contribution is -2.38. The third kappa shape index (κ3) is 3.15. The number of benzene rings is 1. The van der Waals surface area contributed by atoms with Gasteiger partial charge >= 0.3 is 0 Å². The van der Waals surface area contributed by atoms with Gasteiger partial charge < -0.3 is 15.0 Å². The number of ether oxygens (including phenoxy) is 1. The van der Waals surface area contributed by atoms with Crippen molar-refractivity contribution in [2.24, 2.45) is 11.8 Å². The van der Waals surface area contributed by atoms with Gasteiger partial charge in [0, 0.05) is 31.1 Å². The van der Waals surface area contributed by atoms with E-state index in [4.69, 9.17) is 16.3 Å². The van der Waals surface area contributed by atoms with E-state index >= 15 is 0 Å². The Morgan fingerprint density at radius 1 is 1.35 bits per heavy atom. The van der Waals surface area contributed by atoms with Gasteiger partial charge in [-0.25, -0.2) is 0 Å². The van der Waals surface area contributed by atoms with Crippen LogP contribution in [0, 0.1) is 11.8 Å². The highest BCUT2D eigenvalue weighted by Crippen LogP contribution is 2.39. The largest absolute Gasteiger partial charge is 0.496 e. The van der Waals surface area contributed by atoms with E-state index in [1.54, 1.807) is 23.1 Å². The standard InChI is InChI=1S/C17H21ClN2O3/c1-20(13-5-10-7-16(21)19-9-11(10)6-13)17(22)14-4-3-12(18)8-15(14)23-2/h3-4,8,10-11,13H,5-7,9H2,1-2H3,(H,19,21)/t10-,11+,13-/m1/s1. The maximum atomic E-state index is 12.8. The number of nitrogens with zero attached hydrogens (tertiary/aromatic N) is 1. The molecule has 1 saturated carbocycles. The third-order valence-electron chi connectivity index (χ3n) is 5.09. The van der Waals surface area contributed by atoms with Gasteiger partial charge in [0.05, 0.1) is 12.7 Å². The van der Waals surface area contributed by atoms with Crippen LogP contribution in [0.1, 0.15) is 29.6 Å². The van der Waals surface area contributed by atoms with Gasteiger partial charge in [-0.15, -0.1) is 0 Å². The lowest BCUT2D eigenvalue weighted by Gasteiger charge is -2.25. The summed E-state index contributed by atoms with van der Waals surface area (Å²) < 4.78 is 5.28. The summed E-state index contributed by atoms with van der Waals surface area (Å²) in [5.74, 6) is 1.40. The molecule has 1 aromatic rings. The molecule has 0 aromatic heterocycles. The molecular formula is C17H21ClN2O3. The quantitative estimate of drug-likeness (QED) is 0.921. The van der Waals surface area contributed by atoms with Gasteiger partial charge in [0.1, 0.15) is 5.75 Å². The number of methoxy groups -OCH3 is 1. The molecule has 0 unspecified atom stereocenters. The van der Waals surface area contributed by atoms with Crippen LogP contribution in [0.25, 0.3) is 0 Å². The molecular weight excluding hydrogens is 316 g/mol. The van der Waals surface area contributed by atoms with Crippen LogP contribution in [-0.4, -0.2) is 43.5 Å². The monoisotopic (exact) mass is 336 g/mol. The van der Waals surface area contributed by atoms with Crippen LogP contribution in [-0.2, 0) is 4.79 Å². The number of rotatable bonds is 3. The molecule has 5 nitrogen and oxygen atoms in total. The van der Waals surface area contributed by atoms with Crippen LogP contribution in [0.3, 0.4) is 0 Å². The number of amides is 2. The Bertz CT molecular complexity index is 634. The zero-order chi connectivity index (χ0) is 16.6. The Hall–Kier alpha value is -1.75. The second-order valence-corrected chi connectivity index (χ2v) is 6.85. The van der Waals surface area contributed by atoms with Crippen LogP contribution < -0.4 is 10.1 Å². The normalized spacial score (nSPS) is 26.4. The highest BCUT2D eigenvalue weighted by molar-refractivity contribution is 6.30. The first-order valence-corrected chi connectivity index (χ1v) is 8.24. The highest BCUT2D eigenvalue weighted by Gasteiger charge is 2.41. The summed E-state index contributed by atoms with van der Waals surface area (Å²) in [4.78, 5) is 26.1. The molecule has 2 amide bonds. The van der Waals surface area contributed by atoms with Crippen molar-refractivity contribution in [2.45, 2.75) is 25.3 Å². The molecule has 23 heavy (non-hydrogen) atoms. The molecule has 1 aliphatic carbocycles. The first-order valence-electron chi connectivity index (χ1n) is 7.87. The van der Waals surface area contributed by atoms with Crippen LogP contribution in [0.4, 0.5) is 0 Å². The van der Waals surface area contributed by atoms with Gasteiger partial charge in [-0.1, -0.05) is 11.6 Å². The van der Waals surface area contributed by atoms with E-state index in [0.717, 1.165) is 19.4 Å². The Kier molecular flexibility index (Phi) is 4.48. The third-order valence-corrected chi connectivity index (χ3v) is 5.32. The van der Waals surface area contributed by atoms with Crippen molar-refractivity contribution in [1.82, 2.24) is 10.2 Å². The van der Waals surface area contributed by atoms with Crippen molar-refractivity contribution in [1.29, 1.82) is 0 Å². The summed E-state index contributed by atoms with van der Waals surface area (Å²) in [6.07, 6.45) is 2.40. The molecule has 0 spiro atoms. The van der Waals surface area contributed by atoms with Gasteiger partial charge in [-0.3, -0.25) is 9.59 Å². The average molecular weight is 337 g/mol. The fourth-order valence-electron chi connectivity index (χ4n) is 3.75. The maximum absolute atomic E-state index is 12.8. The predicted octanol–water partition coefficient (Wildman–Crippen LogP) is 2.34. The maximum Gasteiger partial charge on any atom is 0.257 e. The Balaban J connectivity index is 1.74. The van der Waals surface area contributed by atoms with Crippen molar-refractivity contribution in [2.75, 3.05) is 20.7 Å². The molecule has 2 fully saturated rings. The van der Waals surface area contributed by atoms with Gasteiger partial charge in [0.2, 0.25) is 5.91 Å². The molecule has 1 N–H and O–H groups in total. The van der Waals surface area contributed by atoms with Gasteiger partial charge in [-0.2, -0.15) is 0 Å². The van der Waals surface area contributed by atoms with E-state index in [-0.39, 0.29) is 17.9 Å². The minimum atomic E-state index is -0.0681. The Labute approximate surface area is 140 Å². The highest BCUT2D eigenvalue weighted by atomic mass is 35.5. The van der Waals surface area contributed by atoms with Gasteiger partial charge in [-0.05, 0) is 42.9 Å². The van der Waals surface area contributed by atoms with Crippen LogP contribution in [0.5, 0.6) is 5.75 Å². The van der Waals surface area contributed by atoms with Crippen molar-refractivity contribution in [3.05, 3.63) is 28.8 Å². The van der Waals surface area contributed by atoms with Gasteiger partial charge in [0.25, 0.3) is 5.91 Å². The van der Waals surface area contributed by atoms with E-state index < -0.39 is 0 Å². The SMILES string of the molecule is COc1cc(Cl)ccc1C(=O)N(C)[C@H]1C[C@H]2CNC(=O)C[C@H]2C1. The van der Waals surface area contributed by atoms with Crippen molar-refractivity contribution in [3.63, 3.8) is 0 Å². The zero-order valence-electron chi connectivity index (χ0n) is 13.3. The van der Waals surface area contributed by atoms with Crippen LogP contribution >= 0.6 is 11.6 Å². The summed E-state index contributed by atoms with van der Waals surface area (Å²) in [5, 5.41) is 3.46. The number of carbonyl (C=O) groups excluding carboxylic acids is 2. The minimum absolute atomic E-state index is 0.0681. The minimum Gasteiger partial charge on any atom is -0.496 e. The molecule has 1 heterocycles. The topological polar surface area (TPSA) is 58.6 Å². The van der Waals surface area contributed by atoms with E-state index in [0.29, 0.717) is 34.6 Å². The molecule has 3 atom stereocenters. The molecule has 2 aliphatic rings. The number of hydrogen-bond acceptors (Lipinski definition) is 3. The summed E-state index contributed by atoms with van der Waals surface area (Å²) in [5.41, 5.74) is 0.517. The summed E-state index contributed by atoms with van der Waals surface area (Å²) in [6.45, 7) is 0.728. The molecule has 1 saturated heterocycles. The Morgan fingerprint density at radius 3 is 2.83 bits per heavy atom. The summed E-state index contributed by atoms with van der Waals surface area (Å²) in [7, 11) is 3.36. The van der Waals surface area contributed by atoms with E-state index in [2.05, 4.69) is 5.32 Å². The average Bonchev–Trinajstić information content (AvgIpc) is 2.96. The summed E-state index contributed by atoms with van der Waals surface area (Å²) in [6, 6.07) is 5.21. The lowest BCUT2D eigenvalue weighted by molar-refractivity contribution is -0.124. The molecule has 1 aliphatic heterocycles. The van der Waals surface area contributed by atoms with Crippen molar-refractivity contribution < 1.29 is 14.3 Å². The second-order valence-electron chi connectivity index (χ2n) is 6.41. The first-order chi connectivity index (χ1) is 11.0. The van der Waals surface area contributed by atoms with Crippen LogP contribution in [0.2, 0.25) is 5.02 Å². The lowest BCUT2D eigenvalue weighted by atomic mass is 9.89. The molecule has 0 radical (unpaired) electrons. The molecule has 3 rings (SSSR count). The molecule has 6 heteroatoms. The molecule has 124 valence electrons. The van der Waals surface area contributed by atoms with E-state index in [9.17, 15) is 9.59 Å².